The van der Waals surface area contributed by atoms with Gasteiger partial charge in [-0.1, -0.05) is 0 Å². The standard InChI is InChI=1S/C13H27N3O3S/c17-12-13-5-3-10-16(11-13)20(18,19)14-6-4-9-15-7-1-2-8-15/h13-14,17H,1-12H2. The molecule has 7 heteroatoms. The van der Waals surface area contributed by atoms with Gasteiger partial charge in [0.15, 0.2) is 0 Å². The number of aliphatic hydroxyl groups is 1. The van der Waals surface area contributed by atoms with E-state index in [9.17, 15) is 8.42 Å². The van der Waals surface area contributed by atoms with Gasteiger partial charge >= 0.3 is 0 Å². The maximum Gasteiger partial charge on any atom is 0.279 e. The molecular formula is C13H27N3O3S. The van der Waals surface area contributed by atoms with Crippen LogP contribution in [0.2, 0.25) is 0 Å². The molecule has 0 saturated carbocycles. The lowest BCUT2D eigenvalue weighted by Gasteiger charge is -2.30. The summed E-state index contributed by atoms with van der Waals surface area (Å²) in [6.45, 7) is 4.85. The Balaban J connectivity index is 1.69. The zero-order chi connectivity index (χ0) is 14.4. The van der Waals surface area contributed by atoms with Gasteiger partial charge in [0.05, 0.1) is 0 Å². The van der Waals surface area contributed by atoms with Crippen LogP contribution in [0.4, 0.5) is 0 Å². The predicted octanol–water partition coefficient (Wildman–Crippen LogP) is 0.0110. The van der Waals surface area contributed by atoms with Crippen molar-refractivity contribution >= 4 is 10.2 Å². The Hall–Kier alpha value is -0.210. The van der Waals surface area contributed by atoms with Crippen molar-refractivity contribution in [3.05, 3.63) is 0 Å². The van der Waals surface area contributed by atoms with E-state index in [1.54, 1.807) is 0 Å². The molecule has 0 aromatic heterocycles. The zero-order valence-electron chi connectivity index (χ0n) is 12.1. The summed E-state index contributed by atoms with van der Waals surface area (Å²) >= 11 is 0. The van der Waals surface area contributed by atoms with Gasteiger partial charge in [0.25, 0.3) is 10.2 Å². The molecule has 2 aliphatic rings. The highest BCUT2D eigenvalue weighted by Gasteiger charge is 2.28. The lowest BCUT2D eigenvalue weighted by atomic mass is 10.0. The molecule has 20 heavy (non-hydrogen) atoms. The van der Waals surface area contributed by atoms with Crippen LogP contribution in [-0.4, -0.2) is 68.6 Å². The monoisotopic (exact) mass is 305 g/mol. The second-order valence-corrected chi connectivity index (χ2v) is 7.61. The van der Waals surface area contributed by atoms with E-state index < -0.39 is 10.2 Å². The molecule has 2 saturated heterocycles. The Morgan fingerprint density at radius 3 is 2.60 bits per heavy atom. The first-order chi connectivity index (χ1) is 9.62. The molecule has 118 valence electrons. The fourth-order valence-electron chi connectivity index (χ4n) is 3.00. The molecule has 0 aromatic rings. The molecule has 0 aromatic carbocycles. The summed E-state index contributed by atoms with van der Waals surface area (Å²) in [5.41, 5.74) is 0. The fourth-order valence-corrected chi connectivity index (χ4v) is 4.36. The normalized spacial score (nSPS) is 26.1. The van der Waals surface area contributed by atoms with Gasteiger partial charge in [0.2, 0.25) is 0 Å². The van der Waals surface area contributed by atoms with Gasteiger partial charge in [-0.2, -0.15) is 12.7 Å². The van der Waals surface area contributed by atoms with Gasteiger partial charge in [-0.05, 0) is 57.7 Å². The first-order valence-corrected chi connectivity index (χ1v) is 9.14. The summed E-state index contributed by atoms with van der Waals surface area (Å²) in [5, 5.41) is 9.16. The summed E-state index contributed by atoms with van der Waals surface area (Å²) in [5.74, 6) is 0.0879. The molecule has 2 N–H and O–H groups in total. The third-order valence-corrected chi connectivity index (χ3v) is 5.79. The Kier molecular flexibility index (Phi) is 6.22. The van der Waals surface area contributed by atoms with Gasteiger partial charge < -0.3 is 10.0 Å². The summed E-state index contributed by atoms with van der Waals surface area (Å²) in [7, 11) is -3.37. The molecule has 2 heterocycles. The van der Waals surface area contributed by atoms with Crippen LogP contribution in [0.15, 0.2) is 0 Å². The van der Waals surface area contributed by atoms with Crippen LogP contribution in [0.25, 0.3) is 0 Å². The van der Waals surface area contributed by atoms with Gasteiger partial charge in [-0.15, -0.1) is 0 Å². The second kappa shape index (κ2) is 7.70. The lowest BCUT2D eigenvalue weighted by Crippen LogP contribution is -2.47. The van der Waals surface area contributed by atoms with Crippen LogP contribution in [0, 0.1) is 5.92 Å². The van der Waals surface area contributed by atoms with Crippen molar-refractivity contribution < 1.29 is 13.5 Å². The smallest absolute Gasteiger partial charge is 0.279 e. The van der Waals surface area contributed by atoms with E-state index in [1.165, 1.54) is 17.1 Å². The minimum Gasteiger partial charge on any atom is -0.396 e. The van der Waals surface area contributed by atoms with Crippen LogP contribution in [0.1, 0.15) is 32.1 Å². The number of piperidine rings is 1. The molecule has 0 aliphatic carbocycles. The molecule has 1 atom stereocenters. The van der Waals surface area contributed by atoms with Crippen molar-refractivity contribution in [2.24, 2.45) is 5.92 Å². The highest BCUT2D eigenvalue weighted by Crippen LogP contribution is 2.17. The van der Waals surface area contributed by atoms with Crippen molar-refractivity contribution in [1.82, 2.24) is 13.9 Å². The van der Waals surface area contributed by atoms with Crippen molar-refractivity contribution in [1.29, 1.82) is 0 Å². The highest BCUT2D eigenvalue weighted by molar-refractivity contribution is 7.87. The van der Waals surface area contributed by atoms with Gasteiger partial charge in [-0.25, -0.2) is 4.72 Å². The number of nitrogens with one attached hydrogen (secondary N) is 1. The van der Waals surface area contributed by atoms with E-state index in [0.717, 1.165) is 38.9 Å². The Morgan fingerprint density at radius 2 is 1.90 bits per heavy atom. The maximum absolute atomic E-state index is 12.2. The first kappa shape index (κ1) is 16.2. The maximum atomic E-state index is 12.2. The Morgan fingerprint density at radius 1 is 1.15 bits per heavy atom. The third kappa shape index (κ3) is 4.66. The van der Waals surface area contributed by atoms with Gasteiger partial charge in [0, 0.05) is 26.2 Å². The quantitative estimate of drug-likeness (QED) is 0.650. The molecule has 6 nitrogen and oxygen atoms in total. The molecule has 0 radical (unpaired) electrons. The topological polar surface area (TPSA) is 72.9 Å². The van der Waals surface area contributed by atoms with Crippen LogP contribution < -0.4 is 4.72 Å². The molecule has 2 aliphatic heterocycles. The lowest BCUT2D eigenvalue weighted by molar-refractivity contribution is 0.164. The minimum atomic E-state index is -3.37. The largest absolute Gasteiger partial charge is 0.396 e. The van der Waals surface area contributed by atoms with Crippen LogP contribution >= 0.6 is 0 Å². The average Bonchev–Trinajstić information content (AvgIpc) is 2.97. The van der Waals surface area contributed by atoms with Gasteiger partial charge in [-0.3, -0.25) is 0 Å². The van der Waals surface area contributed by atoms with Crippen molar-refractivity contribution in [2.75, 3.05) is 45.9 Å². The van der Waals surface area contributed by atoms with E-state index in [-0.39, 0.29) is 12.5 Å². The van der Waals surface area contributed by atoms with Crippen molar-refractivity contribution in [3.8, 4) is 0 Å². The fraction of sp³-hybridized carbons (Fsp3) is 1.00. The number of aliphatic hydroxyl groups excluding tert-OH is 1. The molecule has 2 rings (SSSR count). The van der Waals surface area contributed by atoms with Crippen molar-refractivity contribution in [3.63, 3.8) is 0 Å². The number of nitrogens with zero attached hydrogens (tertiary/aromatic N) is 2. The van der Waals surface area contributed by atoms with E-state index >= 15 is 0 Å². The summed E-state index contributed by atoms with van der Waals surface area (Å²) < 4.78 is 28.5. The number of likely N-dealkylation sites (tertiary alicyclic amines) is 1. The number of hydrogen-bond donors (Lipinski definition) is 2. The second-order valence-electron chi connectivity index (χ2n) is 5.85. The SMILES string of the molecule is O=S(=O)(NCCCN1CCCC1)N1CCCC(CO)C1. The Labute approximate surface area is 122 Å². The summed E-state index contributed by atoms with van der Waals surface area (Å²) in [6.07, 6.45) is 5.14. The van der Waals surface area contributed by atoms with Gasteiger partial charge in [0.1, 0.15) is 0 Å². The van der Waals surface area contributed by atoms with Crippen LogP contribution in [-0.2, 0) is 10.2 Å². The van der Waals surface area contributed by atoms with Crippen LogP contribution in [0.5, 0.6) is 0 Å². The zero-order valence-corrected chi connectivity index (χ0v) is 12.9. The molecular weight excluding hydrogens is 278 g/mol. The predicted molar refractivity (Wildman–Crippen MR) is 78.6 cm³/mol. The molecule has 1 unspecified atom stereocenters. The summed E-state index contributed by atoms with van der Waals surface area (Å²) in [4.78, 5) is 2.39. The minimum absolute atomic E-state index is 0.0704. The molecule has 2 fully saturated rings. The summed E-state index contributed by atoms with van der Waals surface area (Å²) in [6, 6.07) is 0. The Bertz CT molecular complexity index is 382. The number of rotatable bonds is 7. The van der Waals surface area contributed by atoms with E-state index in [2.05, 4.69) is 9.62 Å². The third-order valence-electron chi connectivity index (χ3n) is 4.21. The highest BCUT2D eigenvalue weighted by atomic mass is 32.2. The molecule has 0 amide bonds. The molecule has 0 bridgehead atoms. The first-order valence-electron chi connectivity index (χ1n) is 7.70. The van der Waals surface area contributed by atoms with E-state index in [4.69, 9.17) is 5.11 Å². The average molecular weight is 305 g/mol. The van der Waals surface area contributed by atoms with E-state index in [1.807, 2.05) is 0 Å². The van der Waals surface area contributed by atoms with Crippen molar-refractivity contribution in [2.45, 2.75) is 32.1 Å². The van der Waals surface area contributed by atoms with Crippen LogP contribution in [0.3, 0.4) is 0 Å². The number of hydrogen-bond acceptors (Lipinski definition) is 4. The molecule has 0 spiro atoms. The van der Waals surface area contributed by atoms with E-state index in [0.29, 0.717) is 19.6 Å².